The molecule has 0 N–H and O–H groups in total. The molecule has 3 atom stereocenters. The number of piperazine rings is 1. The number of para-hydroxylation sites is 1. The summed E-state index contributed by atoms with van der Waals surface area (Å²) >= 11 is 0. The standard InChI is InChI=1S/C23H26N4O3/c1-23-15-17(16-7-3-4-8-18(16)30-23)20(21(28)25(23)2)22(29)27-13-11-26(12-14-27)19-9-5-6-10-24-19/h3-10,17,20H,11-15H2,1-2H3/t17-,20+,23+/m0/s1. The van der Waals surface area contributed by atoms with Crippen molar-refractivity contribution in [2.45, 2.75) is 25.0 Å². The highest BCUT2D eigenvalue weighted by molar-refractivity contribution is 6.02. The summed E-state index contributed by atoms with van der Waals surface area (Å²) in [6.07, 6.45) is 2.40. The highest BCUT2D eigenvalue weighted by Crippen LogP contribution is 2.50. The molecule has 2 bridgehead atoms. The van der Waals surface area contributed by atoms with Crippen molar-refractivity contribution in [3.63, 3.8) is 0 Å². The molecule has 1 aromatic heterocycles. The number of rotatable bonds is 2. The molecule has 0 saturated carbocycles. The van der Waals surface area contributed by atoms with Gasteiger partial charge in [0.2, 0.25) is 11.8 Å². The second kappa shape index (κ2) is 7.00. The first-order valence-corrected chi connectivity index (χ1v) is 10.5. The Kier molecular flexibility index (Phi) is 4.41. The molecule has 7 nitrogen and oxygen atoms in total. The van der Waals surface area contributed by atoms with Gasteiger partial charge in [-0.1, -0.05) is 24.3 Å². The van der Waals surface area contributed by atoms with Crippen LogP contribution >= 0.6 is 0 Å². The average Bonchev–Trinajstić information content (AvgIpc) is 2.78. The number of pyridine rings is 1. The Bertz CT molecular complexity index is 973. The average molecular weight is 406 g/mol. The number of benzene rings is 1. The van der Waals surface area contributed by atoms with Crippen molar-refractivity contribution in [2.75, 3.05) is 38.1 Å². The molecule has 0 unspecified atom stereocenters. The lowest BCUT2D eigenvalue weighted by atomic mass is 9.73. The third kappa shape index (κ3) is 2.91. The van der Waals surface area contributed by atoms with Gasteiger partial charge in [0, 0.05) is 51.8 Å². The molecule has 1 aromatic carbocycles. The largest absolute Gasteiger partial charge is 0.468 e. The van der Waals surface area contributed by atoms with Crippen molar-refractivity contribution < 1.29 is 14.3 Å². The van der Waals surface area contributed by atoms with Crippen LogP contribution in [0.25, 0.3) is 0 Å². The molecule has 2 fully saturated rings. The van der Waals surface area contributed by atoms with Gasteiger partial charge in [0.25, 0.3) is 0 Å². The summed E-state index contributed by atoms with van der Waals surface area (Å²) in [5.41, 5.74) is 0.242. The molecule has 3 aliphatic rings. The predicted molar refractivity (Wildman–Crippen MR) is 112 cm³/mol. The minimum Gasteiger partial charge on any atom is -0.468 e. The summed E-state index contributed by atoms with van der Waals surface area (Å²) in [4.78, 5) is 36.9. The fraction of sp³-hybridized carbons (Fsp3) is 0.435. The van der Waals surface area contributed by atoms with Crippen molar-refractivity contribution in [1.82, 2.24) is 14.8 Å². The molecule has 5 rings (SSSR count). The smallest absolute Gasteiger partial charge is 0.238 e. The van der Waals surface area contributed by atoms with Crippen LogP contribution in [0.1, 0.15) is 24.8 Å². The Morgan fingerprint density at radius 3 is 2.57 bits per heavy atom. The monoisotopic (exact) mass is 406 g/mol. The van der Waals surface area contributed by atoms with Crippen molar-refractivity contribution in [1.29, 1.82) is 0 Å². The van der Waals surface area contributed by atoms with E-state index in [0.29, 0.717) is 32.6 Å². The van der Waals surface area contributed by atoms with Crippen LogP contribution in [0.5, 0.6) is 5.75 Å². The summed E-state index contributed by atoms with van der Waals surface area (Å²) in [5.74, 6) is 0.608. The van der Waals surface area contributed by atoms with Crippen molar-refractivity contribution >= 4 is 17.6 Å². The minimum atomic E-state index is -0.718. The fourth-order valence-electron chi connectivity index (χ4n) is 4.96. The van der Waals surface area contributed by atoms with Gasteiger partial charge in [-0.25, -0.2) is 4.98 Å². The lowest BCUT2D eigenvalue weighted by Crippen LogP contribution is -2.64. The molecule has 30 heavy (non-hydrogen) atoms. The van der Waals surface area contributed by atoms with E-state index in [4.69, 9.17) is 4.74 Å². The Hall–Kier alpha value is -3.09. The Balaban J connectivity index is 1.39. The first-order chi connectivity index (χ1) is 14.5. The topological polar surface area (TPSA) is 66.0 Å². The summed E-state index contributed by atoms with van der Waals surface area (Å²) in [7, 11) is 1.74. The van der Waals surface area contributed by atoms with E-state index in [1.54, 1.807) is 18.1 Å². The van der Waals surface area contributed by atoms with Crippen LogP contribution in [0.2, 0.25) is 0 Å². The number of piperidine rings is 1. The fourth-order valence-corrected chi connectivity index (χ4v) is 4.96. The number of carbonyl (C=O) groups is 2. The van der Waals surface area contributed by atoms with Gasteiger partial charge < -0.3 is 19.4 Å². The number of ether oxygens (including phenoxy) is 1. The molecule has 4 heterocycles. The van der Waals surface area contributed by atoms with E-state index in [1.165, 1.54) is 0 Å². The summed E-state index contributed by atoms with van der Waals surface area (Å²) in [6.45, 7) is 4.53. The molecule has 0 aliphatic carbocycles. The number of anilines is 1. The first kappa shape index (κ1) is 18.9. The highest BCUT2D eigenvalue weighted by Gasteiger charge is 2.55. The zero-order valence-electron chi connectivity index (χ0n) is 17.3. The maximum atomic E-state index is 13.6. The van der Waals surface area contributed by atoms with Gasteiger partial charge in [0.05, 0.1) is 0 Å². The second-order valence-corrected chi connectivity index (χ2v) is 8.50. The van der Waals surface area contributed by atoms with E-state index in [-0.39, 0.29) is 17.7 Å². The van der Waals surface area contributed by atoms with Crippen LogP contribution in [0.4, 0.5) is 5.82 Å². The van der Waals surface area contributed by atoms with Gasteiger partial charge in [-0.2, -0.15) is 0 Å². The maximum absolute atomic E-state index is 13.6. The zero-order valence-corrected chi connectivity index (χ0v) is 17.3. The second-order valence-electron chi connectivity index (χ2n) is 8.50. The Labute approximate surface area is 176 Å². The molecule has 156 valence electrons. The van der Waals surface area contributed by atoms with Crippen molar-refractivity contribution in [2.24, 2.45) is 5.92 Å². The lowest BCUT2D eigenvalue weighted by molar-refractivity contribution is -0.174. The third-order valence-corrected chi connectivity index (χ3v) is 6.79. The van der Waals surface area contributed by atoms with Crippen molar-refractivity contribution in [3.8, 4) is 5.75 Å². The molecule has 0 spiro atoms. The molecular weight excluding hydrogens is 380 g/mol. The Morgan fingerprint density at radius 2 is 1.83 bits per heavy atom. The molecular formula is C23H26N4O3. The van der Waals surface area contributed by atoms with Crippen LogP contribution < -0.4 is 9.64 Å². The lowest BCUT2D eigenvalue weighted by Gasteiger charge is -2.52. The van der Waals surface area contributed by atoms with E-state index in [0.717, 1.165) is 17.1 Å². The van der Waals surface area contributed by atoms with Crippen LogP contribution in [0.15, 0.2) is 48.7 Å². The molecule has 2 saturated heterocycles. The summed E-state index contributed by atoms with van der Waals surface area (Å²) < 4.78 is 6.18. The van der Waals surface area contributed by atoms with E-state index >= 15 is 0 Å². The highest BCUT2D eigenvalue weighted by atomic mass is 16.5. The number of nitrogens with zero attached hydrogens (tertiary/aromatic N) is 4. The SMILES string of the molecule is CN1C(=O)[C@H](C(=O)N2CCN(c3ccccn3)CC2)[C@H]2C[C@@]1(C)Oc1ccccc12. The van der Waals surface area contributed by atoms with Gasteiger partial charge in [0.15, 0.2) is 5.72 Å². The van der Waals surface area contributed by atoms with Gasteiger partial charge in [-0.05, 0) is 30.7 Å². The Morgan fingerprint density at radius 1 is 1.10 bits per heavy atom. The molecule has 7 heteroatoms. The molecule has 3 aliphatic heterocycles. The predicted octanol–water partition coefficient (Wildman–Crippen LogP) is 2.10. The molecule has 2 amide bonds. The number of fused-ring (bicyclic) bond motifs is 4. The van der Waals surface area contributed by atoms with Gasteiger partial charge in [-0.3, -0.25) is 9.59 Å². The van der Waals surface area contributed by atoms with Gasteiger partial charge in [-0.15, -0.1) is 0 Å². The number of likely N-dealkylation sites (tertiary alicyclic amines) is 1. The van der Waals surface area contributed by atoms with E-state index < -0.39 is 11.6 Å². The van der Waals surface area contributed by atoms with Crippen LogP contribution in [-0.2, 0) is 9.59 Å². The number of amides is 2. The van der Waals surface area contributed by atoms with Crippen molar-refractivity contribution in [3.05, 3.63) is 54.2 Å². The summed E-state index contributed by atoms with van der Waals surface area (Å²) in [6, 6.07) is 13.6. The van der Waals surface area contributed by atoms with E-state index in [2.05, 4.69) is 9.88 Å². The van der Waals surface area contributed by atoms with Gasteiger partial charge in [0.1, 0.15) is 17.5 Å². The van der Waals surface area contributed by atoms with Crippen LogP contribution in [0.3, 0.4) is 0 Å². The van der Waals surface area contributed by atoms with E-state index in [9.17, 15) is 9.59 Å². The molecule has 0 radical (unpaired) electrons. The minimum absolute atomic E-state index is 0.0729. The number of aromatic nitrogens is 1. The number of hydrogen-bond donors (Lipinski definition) is 0. The normalized spacial score (nSPS) is 28.1. The molecule has 2 aromatic rings. The maximum Gasteiger partial charge on any atom is 0.238 e. The number of carbonyl (C=O) groups excluding carboxylic acids is 2. The quantitative estimate of drug-likeness (QED) is 0.715. The number of hydrogen-bond acceptors (Lipinski definition) is 5. The van der Waals surface area contributed by atoms with Gasteiger partial charge >= 0.3 is 0 Å². The van der Waals surface area contributed by atoms with Crippen LogP contribution in [0, 0.1) is 5.92 Å². The van der Waals surface area contributed by atoms with E-state index in [1.807, 2.05) is 54.3 Å². The zero-order chi connectivity index (χ0) is 20.9. The third-order valence-electron chi connectivity index (χ3n) is 6.79. The first-order valence-electron chi connectivity index (χ1n) is 10.5. The summed E-state index contributed by atoms with van der Waals surface area (Å²) in [5, 5.41) is 0. The van der Waals surface area contributed by atoms with Crippen LogP contribution in [-0.4, -0.2) is 65.5 Å².